The van der Waals surface area contributed by atoms with Crippen LogP contribution in [0.15, 0.2) is 29.3 Å². The summed E-state index contributed by atoms with van der Waals surface area (Å²) in [7, 11) is -1.52. The van der Waals surface area contributed by atoms with Crippen LogP contribution in [0, 0.1) is 0 Å². The fourth-order valence-corrected chi connectivity index (χ4v) is 6.75. The van der Waals surface area contributed by atoms with Crippen LogP contribution < -0.4 is 9.64 Å². The molecule has 0 spiro atoms. The van der Waals surface area contributed by atoms with E-state index in [2.05, 4.69) is 4.99 Å². The van der Waals surface area contributed by atoms with Crippen molar-refractivity contribution in [3.8, 4) is 5.75 Å². The number of amides is 1. The SMILES string of the molecule is COc1cccc(N2C(=NC(=O)CCl)S[C@@H]3CS(=O)(=O)C[C@@H]32)c1. The van der Waals surface area contributed by atoms with E-state index in [9.17, 15) is 13.2 Å². The summed E-state index contributed by atoms with van der Waals surface area (Å²) in [5.74, 6) is 0.154. The molecule has 2 saturated heterocycles. The third-order valence-electron chi connectivity index (χ3n) is 3.73. The number of rotatable bonds is 3. The zero-order valence-corrected chi connectivity index (χ0v) is 14.7. The van der Waals surface area contributed by atoms with Gasteiger partial charge in [-0.15, -0.1) is 11.6 Å². The summed E-state index contributed by atoms with van der Waals surface area (Å²) in [5.41, 5.74) is 0.752. The van der Waals surface area contributed by atoms with Gasteiger partial charge in [0.1, 0.15) is 11.6 Å². The zero-order chi connectivity index (χ0) is 16.6. The number of aliphatic imine (C=N–C) groups is 1. The second-order valence-electron chi connectivity index (χ2n) is 5.29. The molecule has 1 aromatic carbocycles. The molecule has 0 radical (unpaired) electrons. The van der Waals surface area contributed by atoms with Crippen LogP contribution in [0.1, 0.15) is 0 Å². The van der Waals surface area contributed by atoms with Crippen LogP contribution in [0.3, 0.4) is 0 Å². The van der Waals surface area contributed by atoms with Gasteiger partial charge in [-0.3, -0.25) is 4.79 Å². The van der Waals surface area contributed by atoms with Crippen LogP contribution >= 0.6 is 23.4 Å². The molecule has 2 atom stereocenters. The number of carbonyl (C=O) groups is 1. The predicted molar refractivity (Wildman–Crippen MR) is 92.5 cm³/mol. The van der Waals surface area contributed by atoms with Crippen molar-refractivity contribution in [3.63, 3.8) is 0 Å². The highest BCUT2D eigenvalue weighted by atomic mass is 35.5. The number of sulfone groups is 1. The van der Waals surface area contributed by atoms with Crippen molar-refractivity contribution < 1.29 is 17.9 Å². The van der Waals surface area contributed by atoms with Crippen LogP contribution in [0.2, 0.25) is 0 Å². The van der Waals surface area contributed by atoms with Crippen molar-refractivity contribution in [3.05, 3.63) is 24.3 Å². The Balaban J connectivity index is 2.02. The van der Waals surface area contributed by atoms with E-state index in [-0.39, 0.29) is 28.7 Å². The van der Waals surface area contributed by atoms with Crippen molar-refractivity contribution in [2.45, 2.75) is 11.3 Å². The third-order valence-corrected chi connectivity index (χ3v) is 7.17. The van der Waals surface area contributed by atoms with Gasteiger partial charge in [-0.25, -0.2) is 8.42 Å². The lowest BCUT2D eigenvalue weighted by atomic mass is 10.2. The zero-order valence-electron chi connectivity index (χ0n) is 12.3. The van der Waals surface area contributed by atoms with E-state index in [1.54, 1.807) is 19.2 Å². The van der Waals surface area contributed by atoms with Crippen LogP contribution in [-0.4, -0.2) is 55.3 Å². The molecule has 0 aliphatic carbocycles. The lowest BCUT2D eigenvalue weighted by Crippen LogP contribution is -2.37. The van der Waals surface area contributed by atoms with Gasteiger partial charge >= 0.3 is 0 Å². The van der Waals surface area contributed by atoms with Gasteiger partial charge in [-0.05, 0) is 12.1 Å². The topological polar surface area (TPSA) is 76.0 Å². The highest BCUT2D eigenvalue weighted by Gasteiger charge is 2.49. The number of amidine groups is 1. The number of fused-ring (bicyclic) bond motifs is 1. The number of hydrogen-bond donors (Lipinski definition) is 0. The smallest absolute Gasteiger partial charge is 0.262 e. The number of ether oxygens (including phenoxy) is 1. The molecule has 2 heterocycles. The summed E-state index contributed by atoms with van der Waals surface area (Å²) < 4.78 is 29.1. The Morgan fingerprint density at radius 1 is 1.48 bits per heavy atom. The van der Waals surface area contributed by atoms with Crippen molar-refractivity contribution in [1.29, 1.82) is 0 Å². The number of nitrogens with zero attached hydrogens (tertiary/aromatic N) is 2. The molecule has 1 aromatic rings. The molecule has 124 valence electrons. The maximum absolute atomic E-state index is 11.9. The molecule has 0 bridgehead atoms. The van der Waals surface area contributed by atoms with E-state index < -0.39 is 15.7 Å². The minimum atomic E-state index is -3.08. The summed E-state index contributed by atoms with van der Waals surface area (Å²) in [6, 6.07) is 7.03. The first-order chi connectivity index (χ1) is 10.9. The Labute approximate surface area is 143 Å². The van der Waals surface area contributed by atoms with Crippen LogP contribution in [0.4, 0.5) is 5.69 Å². The Morgan fingerprint density at radius 2 is 2.26 bits per heavy atom. The molecule has 0 saturated carbocycles. The van der Waals surface area contributed by atoms with Gasteiger partial charge in [0.15, 0.2) is 15.0 Å². The first kappa shape index (κ1) is 16.6. The summed E-state index contributed by atoms with van der Waals surface area (Å²) in [4.78, 5) is 17.5. The van der Waals surface area contributed by atoms with Crippen molar-refractivity contribution in [1.82, 2.24) is 0 Å². The summed E-state index contributed by atoms with van der Waals surface area (Å²) in [6.07, 6.45) is 0. The molecule has 1 amide bonds. The molecule has 9 heteroatoms. The summed E-state index contributed by atoms with van der Waals surface area (Å²) >= 11 is 6.86. The molecule has 2 fully saturated rings. The predicted octanol–water partition coefficient (Wildman–Crippen LogP) is 1.54. The van der Waals surface area contributed by atoms with E-state index in [4.69, 9.17) is 16.3 Å². The molecule has 3 rings (SSSR count). The average molecular weight is 375 g/mol. The van der Waals surface area contributed by atoms with Crippen molar-refractivity contribution >= 4 is 50.0 Å². The first-order valence-electron chi connectivity index (χ1n) is 6.91. The first-order valence-corrected chi connectivity index (χ1v) is 10.1. The number of halogens is 1. The maximum atomic E-state index is 11.9. The van der Waals surface area contributed by atoms with Crippen molar-refractivity contribution in [2.24, 2.45) is 4.99 Å². The second-order valence-corrected chi connectivity index (χ2v) is 8.92. The standard InChI is InChI=1S/C14H15ClN2O4S2/c1-21-10-4-2-3-9(5-10)17-11-7-23(19,20)8-12(11)22-14(17)16-13(18)6-15/h2-5,11-12H,6-8H2,1H3/t11-,12+/m0/s1. The molecule has 0 aromatic heterocycles. The van der Waals surface area contributed by atoms with Crippen molar-refractivity contribution in [2.75, 3.05) is 29.4 Å². The van der Waals surface area contributed by atoms with Gasteiger partial charge in [0.05, 0.1) is 24.7 Å². The molecule has 0 N–H and O–H groups in total. The number of hydrogen-bond acceptors (Lipinski definition) is 5. The van der Waals surface area contributed by atoms with Gasteiger partial charge in [0.2, 0.25) is 0 Å². The number of alkyl halides is 1. The highest BCUT2D eigenvalue weighted by Crippen LogP contribution is 2.41. The molecule has 23 heavy (non-hydrogen) atoms. The maximum Gasteiger partial charge on any atom is 0.262 e. The molecule has 0 unspecified atom stereocenters. The average Bonchev–Trinajstić information content (AvgIpc) is 2.97. The largest absolute Gasteiger partial charge is 0.497 e. The number of benzene rings is 1. The number of thioether (sulfide) groups is 1. The van der Waals surface area contributed by atoms with E-state index in [1.807, 2.05) is 17.0 Å². The molecular formula is C14H15ClN2O4S2. The third kappa shape index (κ3) is 3.34. The number of carbonyl (C=O) groups excluding carboxylic acids is 1. The Hall–Kier alpha value is -1.25. The molecule has 2 aliphatic heterocycles. The number of anilines is 1. The van der Waals surface area contributed by atoms with Crippen LogP contribution in [0.5, 0.6) is 5.75 Å². The lowest BCUT2D eigenvalue weighted by Gasteiger charge is -2.24. The van der Waals surface area contributed by atoms with Gasteiger partial charge in [-0.1, -0.05) is 17.8 Å². The second kappa shape index (κ2) is 6.33. The normalized spacial score (nSPS) is 27.2. The quantitative estimate of drug-likeness (QED) is 0.747. The number of methoxy groups -OCH3 is 1. The van der Waals surface area contributed by atoms with E-state index >= 15 is 0 Å². The monoisotopic (exact) mass is 374 g/mol. The molecule has 2 aliphatic rings. The van der Waals surface area contributed by atoms with E-state index in [1.165, 1.54) is 11.8 Å². The van der Waals surface area contributed by atoms with Gasteiger partial charge < -0.3 is 9.64 Å². The minimum Gasteiger partial charge on any atom is -0.497 e. The van der Waals surface area contributed by atoms with Gasteiger partial charge in [0, 0.05) is 17.0 Å². The molecular weight excluding hydrogens is 360 g/mol. The van der Waals surface area contributed by atoms with Crippen LogP contribution in [0.25, 0.3) is 0 Å². The highest BCUT2D eigenvalue weighted by molar-refractivity contribution is 8.16. The summed E-state index contributed by atoms with van der Waals surface area (Å²) in [6.45, 7) is 0. The fourth-order valence-electron chi connectivity index (χ4n) is 2.76. The van der Waals surface area contributed by atoms with Gasteiger partial charge in [-0.2, -0.15) is 4.99 Å². The summed E-state index contributed by atoms with van der Waals surface area (Å²) in [5, 5.41) is 0.363. The lowest BCUT2D eigenvalue weighted by molar-refractivity contribution is -0.115. The van der Waals surface area contributed by atoms with Crippen LogP contribution in [-0.2, 0) is 14.6 Å². The Morgan fingerprint density at radius 3 is 2.96 bits per heavy atom. The minimum absolute atomic E-state index is 0.0515. The van der Waals surface area contributed by atoms with Gasteiger partial charge in [0.25, 0.3) is 5.91 Å². The Bertz CT molecular complexity index is 766. The fraction of sp³-hybridized carbons (Fsp3) is 0.429. The van der Waals surface area contributed by atoms with E-state index in [0.29, 0.717) is 10.9 Å². The molecule has 6 nitrogen and oxygen atoms in total. The van der Waals surface area contributed by atoms with E-state index in [0.717, 1.165) is 5.69 Å². The Kier molecular flexibility index (Phi) is 4.57.